The predicted octanol–water partition coefficient (Wildman–Crippen LogP) is 5.24. The third kappa shape index (κ3) is 8.07. The van der Waals surface area contributed by atoms with Crippen LogP contribution >= 0.6 is 17.0 Å². The summed E-state index contributed by atoms with van der Waals surface area (Å²) in [5.41, 5.74) is 7.59. The quantitative estimate of drug-likeness (QED) is 0.552. The number of rotatable bonds is 9. The largest absolute Gasteiger partial charge is 0.489 e. The number of urea groups is 1. The van der Waals surface area contributed by atoms with E-state index in [-0.39, 0.29) is 22.5 Å². The van der Waals surface area contributed by atoms with Crippen LogP contribution < -0.4 is 15.4 Å². The molecule has 0 unspecified atom stereocenters. The zero-order valence-electron chi connectivity index (χ0n) is 17.9. The molecule has 0 saturated carbocycles. The monoisotopic (exact) mass is 463 g/mol. The number of primary amides is 1. The summed E-state index contributed by atoms with van der Waals surface area (Å²) in [5.74, 6) is 0.763. The van der Waals surface area contributed by atoms with Crippen LogP contribution in [0.4, 0.5) is 10.5 Å². The molecular formula is C23H34BrN3O2. The number of nitrogens with two attached hydrogens (primary N) is 1. The van der Waals surface area contributed by atoms with E-state index in [1.54, 1.807) is 4.90 Å². The first-order chi connectivity index (χ1) is 13.3. The minimum absolute atomic E-state index is 0. The maximum Gasteiger partial charge on any atom is 0.319 e. The molecule has 0 aliphatic rings. The van der Waals surface area contributed by atoms with Gasteiger partial charge in [0.2, 0.25) is 0 Å². The Labute approximate surface area is 185 Å². The van der Waals surface area contributed by atoms with Crippen LogP contribution in [0.2, 0.25) is 0 Å². The molecule has 2 rings (SSSR count). The molecule has 2 aromatic rings. The Morgan fingerprint density at radius 2 is 1.59 bits per heavy atom. The van der Waals surface area contributed by atoms with Gasteiger partial charge in [-0.2, -0.15) is 0 Å². The van der Waals surface area contributed by atoms with Crippen LogP contribution in [-0.2, 0) is 6.61 Å². The Kier molecular flexibility index (Phi) is 10.2. The lowest BCUT2D eigenvalue weighted by Crippen LogP contribution is -2.48. The zero-order chi connectivity index (χ0) is 20.6. The summed E-state index contributed by atoms with van der Waals surface area (Å²) < 4.78 is 5.82. The average Bonchev–Trinajstić information content (AvgIpc) is 2.66. The fourth-order valence-corrected chi connectivity index (χ4v) is 3.10. The molecule has 6 heteroatoms. The van der Waals surface area contributed by atoms with Crippen LogP contribution in [0.5, 0.6) is 5.75 Å². The lowest BCUT2D eigenvalue weighted by molar-refractivity contribution is 0.140. The van der Waals surface area contributed by atoms with Crippen LogP contribution in [0.25, 0.3) is 0 Å². The third-order valence-corrected chi connectivity index (χ3v) is 4.70. The van der Waals surface area contributed by atoms with Crippen LogP contribution in [0.15, 0.2) is 54.6 Å². The number of benzene rings is 2. The van der Waals surface area contributed by atoms with Gasteiger partial charge in [-0.25, -0.2) is 4.79 Å². The number of hydrogen-bond donors (Lipinski definition) is 1. The molecule has 5 nitrogen and oxygen atoms in total. The number of hydrogen-bond acceptors (Lipinski definition) is 3. The highest BCUT2D eigenvalue weighted by molar-refractivity contribution is 8.93. The lowest BCUT2D eigenvalue weighted by Gasteiger charge is -2.36. The lowest BCUT2D eigenvalue weighted by atomic mass is 10.1. The first kappa shape index (κ1) is 25.0. The van der Waals surface area contributed by atoms with Gasteiger partial charge in [-0.15, -0.1) is 17.0 Å². The van der Waals surface area contributed by atoms with E-state index in [4.69, 9.17) is 10.5 Å². The Morgan fingerprint density at radius 3 is 2.10 bits per heavy atom. The average molecular weight is 464 g/mol. The molecule has 2 N–H and O–H groups in total. The Balaban J connectivity index is 0.00000420. The van der Waals surface area contributed by atoms with Crippen molar-refractivity contribution in [2.75, 3.05) is 24.5 Å². The number of amides is 2. The van der Waals surface area contributed by atoms with Gasteiger partial charge in [0, 0.05) is 24.3 Å². The van der Waals surface area contributed by atoms with Crippen molar-refractivity contribution in [3.8, 4) is 5.75 Å². The fraction of sp³-hybridized carbons (Fsp3) is 0.435. The Bertz CT molecular complexity index is 730. The zero-order valence-corrected chi connectivity index (χ0v) is 19.6. The van der Waals surface area contributed by atoms with Gasteiger partial charge >= 0.3 is 6.03 Å². The highest BCUT2D eigenvalue weighted by Gasteiger charge is 2.22. The molecule has 2 amide bonds. The van der Waals surface area contributed by atoms with Crippen molar-refractivity contribution in [3.05, 3.63) is 60.2 Å². The molecule has 29 heavy (non-hydrogen) atoms. The molecule has 2 aromatic carbocycles. The molecule has 0 spiro atoms. The number of halogens is 1. The maximum atomic E-state index is 12.0. The molecule has 0 aliphatic heterocycles. The van der Waals surface area contributed by atoms with Gasteiger partial charge in [0.1, 0.15) is 12.4 Å². The van der Waals surface area contributed by atoms with E-state index in [1.807, 2.05) is 54.6 Å². The van der Waals surface area contributed by atoms with E-state index < -0.39 is 6.03 Å². The Morgan fingerprint density at radius 1 is 0.966 bits per heavy atom. The number of carbonyl (C=O) groups excluding carboxylic acids is 1. The van der Waals surface area contributed by atoms with E-state index in [1.165, 1.54) is 0 Å². The van der Waals surface area contributed by atoms with Crippen molar-refractivity contribution in [2.24, 2.45) is 5.73 Å². The van der Waals surface area contributed by atoms with Gasteiger partial charge in [0.25, 0.3) is 0 Å². The molecule has 0 radical (unpaired) electrons. The normalized spacial score (nSPS) is 11.1. The summed E-state index contributed by atoms with van der Waals surface area (Å²) in [6, 6.07) is 17.1. The molecule has 0 atom stereocenters. The second-order valence-electron chi connectivity index (χ2n) is 7.92. The van der Waals surface area contributed by atoms with Gasteiger partial charge in [-0.05, 0) is 63.6 Å². The van der Waals surface area contributed by atoms with Gasteiger partial charge in [-0.3, -0.25) is 9.80 Å². The van der Waals surface area contributed by atoms with E-state index in [0.29, 0.717) is 13.2 Å². The van der Waals surface area contributed by atoms with E-state index >= 15 is 0 Å². The van der Waals surface area contributed by atoms with Crippen molar-refractivity contribution in [1.29, 1.82) is 0 Å². The molecule has 160 valence electrons. The molecule has 0 heterocycles. The van der Waals surface area contributed by atoms with Crippen molar-refractivity contribution >= 4 is 28.7 Å². The van der Waals surface area contributed by atoms with Crippen LogP contribution in [0, 0.1) is 0 Å². The maximum absolute atomic E-state index is 12.0. The SMILES string of the molecule is Br.CCCN(CCN(C(N)=O)c1ccc(OCc2ccccc2)cc1)C(C)(C)C. The van der Waals surface area contributed by atoms with Crippen LogP contribution in [-0.4, -0.2) is 36.1 Å². The molecule has 0 aromatic heterocycles. The van der Waals surface area contributed by atoms with Gasteiger partial charge in [0.15, 0.2) is 0 Å². The topological polar surface area (TPSA) is 58.8 Å². The second kappa shape index (κ2) is 11.8. The fourth-order valence-electron chi connectivity index (χ4n) is 3.10. The molecule has 0 fully saturated rings. The highest BCUT2D eigenvalue weighted by atomic mass is 79.9. The third-order valence-electron chi connectivity index (χ3n) is 4.70. The first-order valence-electron chi connectivity index (χ1n) is 9.90. The standard InChI is InChI=1S/C23H33N3O2.BrH/c1-5-15-25(23(2,3)4)16-17-26(22(24)27)20-11-13-21(14-12-20)28-18-19-9-7-6-8-10-19;/h6-14H,5,15-18H2,1-4H3,(H2,24,27);1H. The Hall–Kier alpha value is -2.05. The molecular weight excluding hydrogens is 430 g/mol. The van der Waals surface area contributed by atoms with Gasteiger partial charge in [-0.1, -0.05) is 37.3 Å². The molecule has 0 saturated heterocycles. The van der Waals surface area contributed by atoms with Gasteiger partial charge in [0.05, 0.1) is 0 Å². The summed E-state index contributed by atoms with van der Waals surface area (Å²) in [6.45, 7) is 11.6. The molecule has 0 bridgehead atoms. The summed E-state index contributed by atoms with van der Waals surface area (Å²) in [6.07, 6.45) is 1.07. The molecule has 0 aliphatic carbocycles. The summed E-state index contributed by atoms with van der Waals surface area (Å²) in [7, 11) is 0. The number of ether oxygens (including phenoxy) is 1. The van der Waals surface area contributed by atoms with Crippen LogP contribution in [0.3, 0.4) is 0 Å². The van der Waals surface area contributed by atoms with E-state index in [2.05, 4.69) is 32.6 Å². The summed E-state index contributed by atoms with van der Waals surface area (Å²) in [5, 5.41) is 0. The minimum atomic E-state index is -0.441. The number of nitrogens with zero attached hydrogens (tertiary/aromatic N) is 2. The minimum Gasteiger partial charge on any atom is -0.489 e. The first-order valence-corrected chi connectivity index (χ1v) is 9.90. The van der Waals surface area contributed by atoms with Crippen molar-refractivity contribution in [3.63, 3.8) is 0 Å². The number of carbonyl (C=O) groups is 1. The number of anilines is 1. The van der Waals surface area contributed by atoms with Crippen molar-refractivity contribution < 1.29 is 9.53 Å². The van der Waals surface area contributed by atoms with E-state index in [0.717, 1.165) is 36.5 Å². The summed E-state index contributed by atoms with van der Waals surface area (Å²) in [4.78, 5) is 16.0. The highest BCUT2D eigenvalue weighted by Crippen LogP contribution is 2.21. The van der Waals surface area contributed by atoms with Gasteiger partial charge < -0.3 is 10.5 Å². The van der Waals surface area contributed by atoms with Crippen LogP contribution in [0.1, 0.15) is 39.7 Å². The predicted molar refractivity (Wildman–Crippen MR) is 126 cm³/mol. The second-order valence-corrected chi connectivity index (χ2v) is 7.92. The van der Waals surface area contributed by atoms with Crippen molar-refractivity contribution in [2.45, 2.75) is 46.3 Å². The smallest absolute Gasteiger partial charge is 0.319 e. The van der Waals surface area contributed by atoms with E-state index in [9.17, 15) is 4.79 Å². The van der Waals surface area contributed by atoms with Crippen molar-refractivity contribution in [1.82, 2.24) is 4.90 Å². The summed E-state index contributed by atoms with van der Waals surface area (Å²) >= 11 is 0.